The summed E-state index contributed by atoms with van der Waals surface area (Å²) in [6, 6.07) is 0. The minimum Gasteiger partial charge on any atom is -0.445 e. The fraction of sp³-hybridized carbons (Fsp3) is 0.750. The van der Waals surface area contributed by atoms with Gasteiger partial charge in [-0.05, 0) is 13.3 Å². The third-order valence-corrected chi connectivity index (χ3v) is 1.71. The van der Waals surface area contributed by atoms with Crippen LogP contribution >= 0.6 is 0 Å². The summed E-state index contributed by atoms with van der Waals surface area (Å²) in [5.41, 5.74) is -0.761. The molecule has 0 aromatic rings. The van der Waals surface area contributed by atoms with Gasteiger partial charge >= 0.3 is 58.4 Å². The van der Waals surface area contributed by atoms with Crippen LogP contribution in [0, 0.1) is 0 Å². The average molecular weight is 234 g/mol. The predicted octanol–water partition coefficient (Wildman–Crippen LogP) is 0.138. The summed E-state index contributed by atoms with van der Waals surface area (Å²) in [5.74, 6) is 0. The molecule has 14 heavy (non-hydrogen) atoms. The quantitative estimate of drug-likeness (QED) is 0.594. The summed E-state index contributed by atoms with van der Waals surface area (Å²) in [5, 5.41) is 0. The number of rotatable bonds is 6. The van der Waals surface area contributed by atoms with Crippen molar-refractivity contribution in [2.45, 2.75) is 32.8 Å². The van der Waals surface area contributed by atoms with Crippen LogP contribution in [-0.4, -0.2) is 19.7 Å². The molecule has 0 aromatic heterocycles. The summed E-state index contributed by atoms with van der Waals surface area (Å²) in [6.45, 7) is 1.33. The van der Waals surface area contributed by atoms with E-state index in [2.05, 4.69) is 6.58 Å². The molecule has 78 valence electrons. The van der Waals surface area contributed by atoms with E-state index in [-0.39, 0.29) is 57.5 Å². The maximum absolute atomic E-state index is 12.0. The molecule has 6 heteroatoms. The molecule has 0 spiro atoms. The van der Waals surface area contributed by atoms with E-state index in [1.165, 1.54) is 0 Å². The van der Waals surface area contributed by atoms with E-state index in [4.69, 9.17) is 4.74 Å². The van der Waals surface area contributed by atoms with Gasteiger partial charge in [0.05, 0.1) is 6.10 Å². The molecule has 0 N–H and O–H groups in total. The molecule has 0 bridgehead atoms. The second-order valence-corrected chi connectivity index (χ2v) is 3.14. The molecule has 0 fully saturated rings. The molecule has 0 saturated carbocycles. The van der Waals surface area contributed by atoms with E-state index in [0.29, 0.717) is 0 Å². The van der Waals surface area contributed by atoms with Gasteiger partial charge in [0.1, 0.15) is 0 Å². The van der Waals surface area contributed by atoms with Crippen molar-refractivity contribution < 1.29 is 69.1 Å². The minimum atomic E-state index is -4.93. The predicted molar refractivity (Wildman–Crippen MR) is 48.5 cm³/mol. The zero-order valence-electron chi connectivity index (χ0n) is 9.03. The zero-order chi connectivity index (χ0) is 10.5. The first-order valence-electron chi connectivity index (χ1n) is 4.37. The molecule has 1 nitrogen and oxygen atoms in total. The van der Waals surface area contributed by atoms with Crippen molar-refractivity contribution in [1.82, 2.24) is 0 Å². The maximum atomic E-state index is 12.0. The summed E-state index contributed by atoms with van der Waals surface area (Å²) in [7, 11) is 0. The molecular weight excluding hydrogens is 219 g/mol. The van der Waals surface area contributed by atoms with E-state index < -0.39 is 19.1 Å². The Morgan fingerprint density at radius 1 is 1.43 bits per heavy atom. The zero-order valence-corrected chi connectivity index (χ0v) is 12.1. The molecule has 1 atom stereocenters. The van der Waals surface area contributed by atoms with Crippen molar-refractivity contribution in [2.24, 2.45) is 0 Å². The van der Waals surface area contributed by atoms with Crippen LogP contribution in [-0.2, 0) is 4.74 Å². The van der Waals surface area contributed by atoms with Crippen molar-refractivity contribution >= 4 is 6.98 Å². The van der Waals surface area contributed by atoms with E-state index in [1.807, 2.05) is 6.92 Å². The van der Waals surface area contributed by atoms with Gasteiger partial charge in [-0.2, -0.15) is 0 Å². The number of ether oxygens (including phenoxy) is 1. The topological polar surface area (TPSA) is 9.23 Å². The van der Waals surface area contributed by atoms with Crippen molar-refractivity contribution in [3.8, 4) is 0 Å². The Kier molecular flexibility index (Phi) is 10.5. The van der Waals surface area contributed by atoms with Crippen molar-refractivity contribution in [3.05, 3.63) is 12.1 Å². The van der Waals surface area contributed by atoms with Gasteiger partial charge in [-0.3, -0.25) is 0 Å². The second kappa shape index (κ2) is 8.36. The van der Waals surface area contributed by atoms with Crippen LogP contribution in [0.3, 0.4) is 0 Å². The van der Waals surface area contributed by atoms with Crippen LogP contribution in [0.25, 0.3) is 0 Å². The van der Waals surface area contributed by atoms with Crippen LogP contribution in [0.2, 0.25) is 0 Å². The molecule has 0 aliphatic carbocycles. The SMILES string of the molecule is C=C(COC(C)CCC)[B-](F)(F)F.[K+]. The fourth-order valence-electron chi connectivity index (χ4n) is 0.834. The average Bonchev–Trinajstić information content (AvgIpc) is 1.99. The van der Waals surface area contributed by atoms with Crippen LogP contribution in [0.1, 0.15) is 26.7 Å². The number of hydrogen-bond acceptors (Lipinski definition) is 1. The van der Waals surface area contributed by atoms with Crippen LogP contribution in [0.15, 0.2) is 12.1 Å². The molecule has 0 aliphatic rings. The van der Waals surface area contributed by atoms with Gasteiger partial charge < -0.3 is 17.7 Å². The Bertz CT molecular complexity index is 172. The smallest absolute Gasteiger partial charge is 0.445 e. The van der Waals surface area contributed by atoms with Gasteiger partial charge in [0.2, 0.25) is 0 Å². The third-order valence-electron chi connectivity index (χ3n) is 1.71. The van der Waals surface area contributed by atoms with Crippen molar-refractivity contribution in [1.29, 1.82) is 0 Å². The summed E-state index contributed by atoms with van der Waals surface area (Å²) < 4.78 is 40.9. The minimum absolute atomic E-state index is 0. The summed E-state index contributed by atoms with van der Waals surface area (Å²) >= 11 is 0. The first kappa shape index (κ1) is 17.6. The largest absolute Gasteiger partial charge is 1.00 e. The summed E-state index contributed by atoms with van der Waals surface area (Å²) in [4.78, 5) is 0. The first-order chi connectivity index (χ1) is 5.88. The van der Waals surface area contributed by atoms with Crippen molar-refractivity contribution in [3.63, 3.8) is 0 Å². The van der Waals surface area contributed by atoms with Gasteiger partial charge in [-0.1, -0.05) is 13.3 Å². The number of halogens is 3. The van der Waals surface area contributed by atoms with Gasteiger partial charge in [-0.15, -0.1) is 12.1 Å². The van der Waals surface area contributed by atoms with E-state index in [1.54, 1.807) is 6.92 Å². The van der Waals surface area contributed by atoms with Crippen LogP contribution in [0.4, 0.5) is 12.9 Å². The van der Waals surface area contributed by atoms with Crippen LogP contribution < -0.4 is 51.4 Å². The molecular formula is C8H15BF3KO. The Hall–Kier alpha value is 1.19. The Morgan fingerprint density at radius 2 is 1.93 bits per heavy atom. The molecule has 0 heterocycles. The first-order valence-corrected chi connectivity index (χ1v) is 4.37. The van der Waals surface area contributed by atoms with E-state index in [0.717, 1.165) is 12.8 Å². The number of hydrogen-bond donors (Lipinski definition) is 0. The molecule has 0 radical (unpaired) electrons. The molecule has 1 unspecified atom stereocenters. The standard InChI is InChI=1S/C8H15BF3O.K/c1-4-5-8(3)13-6-7(2)9(10,11)12;/h8H,2,4-6H2,1,3H3;/q-1;+1. The molecule has 0 aliphatic heterocycles. The maximum Gasteiger partial charge on any atom is 1.00 e. The third kappa shape index (κ3) is 8.50. The van der Waals surface area contributed by atoms with Crippen LogP contribution in [0.5, 0.6) is 0 Å². The van der Waals surface area contributed by atoms with E-state index in [9.17, 15) is 12.9 Å². The second-order valence-electron chi connectivity index (χ2n) is 3.14. The Morgan fingerprint density at radius 3 is 2.29 bits per heavy atom. The molecule has 0 amide bonds. The van der Waals surface area contributed by atoms with E-state index >= 15 is 0 Å². The Balaban J connectivity index is 0. The molecule has 0 aromatic carbocycles. The molecule has 0 saturated heterocycles. The fourth-order valence-corrected chi connectivity index (χ4v) is 0.834. The Labute approximate surface area is 126 Å². The van der Waals surface area contributed by atoms with Crippen molar-refractivity contribution in [2.75, 3.05) is 6.61 Å². The summed E-state index contributed by atoms with van der Waals surface area (Å²) in [6.07, 6.45) is 1.56. The van der Waals surface area contributed by atoms with Gasteiger partial charge in [-0.25, -0.2) is 0 Å². The van der Waals surface area contributed by atoms with Gasteiger partial charge in [0.25, 0.3) is 0 Å². The monoisotopic (exact) mass is 234 g/mol. The van der Waals surface area contributed by atoms with Gasteiger partial charge in [0.15, 0.2) is 0 Å². The molecule has 0 rings (SSSR count). The van der Waals surface area contributed by atoms with Gasteiger partial charge in [0, 0.05) is 6.61 Å². The normalized spacial score (nSPS) is 13.2.